The molecular formula is C15H19FN2O2. The van der Waals surface area contributed by atoms with Crippen molar-refractivity contribution in [1.82, 2.24) is 9.55 Å². The maximum absolute atomic E-state index is 13.4. The third-order valence-corrected chi connectivity index (χ3v) is 3.30. The first kappa shape index (κ1) is 14.5. The van der Waals surface area contributed by atoms with Crippen LogP contribution in [0.1, 0.15) is 39.1 Å². The van der Waals surface area contributed by atoms with Crippen molar-refractivity contribution in [2.24, 2.45) is 5.92 Å². The fourth-order valence-corrected chi connectivity index (χ4v) is 2.52. The second kappa shape index (κ2) is 5.61. The molecule has 2 aromatic rings. The first-order chi connectivity index (χ1) is 9.38. The zero-order chi connectivity index (χ0) is 14.9. The molecule has 1 unspecified atom stereocenters. The van der Waals surface area contributed by atoms with Gasteiger partial charge in [0.25, 0.3) is 0 Å². The van der Waals surface area contributed by atoms with Gasteiger partial charge in [0.15, 0.2) is 0 Å². The Labute approximate surface area is 117 Å². The van der Waals surface area contributed by atoms with E-state index in [-0.39, 0.29) is 24.2 Å². The van der Waals surface area contributed by atoms with Crippen LogP contribution in [0.25, 0.3) is 11.0 Å². The third-order valence-electron chi connectivity index (χ3n) is 3.30. The molecule has 1 heterocycles. The Morgan fingerprint density at radius 1 is 1.40 bits per heavy atom. The van der Waals surface area contributed by atoms with Crippen molar-refractivity contribution < 1.29 is 14.3 Å². The standard InChI is InChI=1S/C15H19FN2O2/c1-9(2)18-13-8-11(16)4-5-12(13)17-14(18)6-10(3)7-15(19)20/h4-5,8-10H,6-7H2,1-3H3,(H,19,20). The van der Waals surface area contributed by atoms with Crippen LogP contribution in [0.2, 0.25) is 0 Å². The van der Waals surface area contributed by atoms with E-state index in [2.05, 4.69) is 4.98 Å². The van der Waals surface area contributed by atoms with E-state index < -0.39 is 5.97 Å². The van der Waals surface area contributed by atoms with Gasteiger partial charge in [0.05, 0.1) is 11.0 Å². The summed E-state index contributed by atoms with van der Waals surface area (Å²) in [6.45, 7) is 5.91. The number of fused-ring (bicyclic) bond motifs is 1. The summed E-state index contributed by atoms with van der Waals surface area (Å²) in [4.78, 5) is 15.3. The quantitative estimate of drug-likeness (QED) is 0.911. The molecule has 2 rings (SSSR count). The zero-order valence-electron chi connectivity index (χ0n) is 11.9. The second-order valence-corrected chi connectivity index (χ2v) is 5.53. The number of aromatic nitrogens is 2. The molecule has 0 amide bonds. The highest BCUT2D eigenvalue weighted by atomic mass is 19.1. The lowest BCUT2D eigenvalue weighted by atomic mass is 10.0. The van der Waals surface area contributed by atoms with Crippen LogP contribution in [0.3, 0.4) is 0 Å². The highest BCUT2D eigenvalue weighted by Crippen LogP contribution is 2.24. The Kier molecular flexibility index (Phi) is 4.06. The summed E-state index contributed by atoms with van der Waals surface area (Å²) >= 11 is 0. The summed E-state index contributed by atoms with van der Waals surface area (Å²) in [6, 6.07) is 4.68. The van der Waals surface area contributed by atoms with Gasteiger partial charge >= 0.3 is 5.97 Å². The van der Waals surface area contributed by atoms with E-state index >= 15 is 0 Å². The number of imidazole rings is 1. The van der Waals surface area contributed by atoms with Crippen LogP contribution in [-0.4, -0.2) is 20.6 Å². The minimum absolute atomic E-state index is 0.00772. The van der Waals surface area contributed by atoms with Gasteiger partial charge in [0.1, 0.15) is 11.6 Å². The molecule has 20 heavy (non-hydrogen) atoms. The minimum Gasteiger partial charge on any atom is -0.481 e. The van der Waals surface area contributed by atoms with Crippen molar-refractivity contribution in [2.45, 2.75) is 39.7 Å². The SMILES string of the molecule is CC(CC(=O)O)Cc1nc2ccc(F)cc2n1C(C)C. The van der Waals surface area contributed by atoms with Gasteiger partial charge in [0, 0.05) is 18.9 Å². The van der Waals surface area contributed by atoms with E-state index in [9.17, 15) is 9.18 Å². The van der Waals surface area contributed by atoms with Gasteiger partial charge in [-0.05, 0) is 38.0 Å². The molecule has 0 aliphatic rings. The zero-order valence-corrected chi connectivity index (χ0v) is 11.9. The summed E-state index contributed by atoms with van der Waals surface area (Å²) in [5.74, 6) is -0.291. The summed E-state index contributed by atoms with van der Waals surface area (Å²) in [6.07, 6.45) is 0.677. The van der Waals surface area contributed by atoms with Gasteiger partial charge in [-0.25, -0.2) is 9.37 Å². The molecule has 1 atom stereocenters. The Bertz CT molecular complexity index is 634. The van der Waals surface area contributed by atoms with E-state index in [0.717, 1.165) is 16.9 Å². The highest BCUT2D eigenvalue weighted by molar-refractivity contribution is 5.76. The monoisotopic (exact) mass is 278 g/mol. The number of aliphatic carboxylic acids is 1. The summed E-state index contributed by atoms with van der Waals surface area (Å²) < 4.78 is 15.4. The van der Waals surface area contributed by atoms with Gasteiger partial charge < -0.3 is 9.67 Å². The van der Waals surface area contributed by atoms with E-state index in [1.54, 1.807) is 6.07 Å². The van der Waals surface area contributed by atoms with E-state index in [1.807, 2.05) is 25.3 Å². The van der Waals surface area contributed by atoms with Crippen molar-refractivity contribution in [3.05, 3.63) is 29.8 Å². The average molecular weight is 278 g/mol. The maximum Gasteiger partial charge on any atom is 0.303 e. The number of benzene rings is 1. The summed E-state index contributed by atoms with van der Waals surface area (Å²) in [5, 5.41) is 8.84. The predicted octanol–water partition coefficient (Wildman–Crippen LogP) is 3.41. The lowest BCUT2D eigenvalue weighted by molar-refractivity contribution is -0.137. The second-order valence-electron chi connectivity index (χ2n) is 5.53. The number of halogens is 1. The lowest BCUT2D eigenvalue weighted by Crippen LogP contribution is -2.13. The van der Waals surface area contributed by atoms with E-state index in [1.165, 1.54) is 12.1 Å². The molecule has 0 saturated heterocycles. The molecule has 1 N–H and O–H groups in total. The topological polar surface area (TPSA) is 55.1 Å². The molecule has 0 spiro atoms. The van der Waals surface area contributed by atoms with Crippen molar-refractivity contribution in [1.29, 1.82) is 0 Å². The van der Waals surface area contributed by atoms with Crippen LogP contribution in [-0.2, 0) is 11.2 Å². The van der Waals surface area contributed by atoms with Gasteiger partial charge in [-0.15, -0.1) is 0 Å². The van der Waals surface area contributed by atoms with E-state index in [4.69, 9.17) is 5.11 Å². The van der Waals surface area contributed by atoms with Crippen molar-refractivity contribution in [2.75, 3.05) is 0 Å². The number of nitrogens with zero attached hydrogens (tertiary/aromatic N) is 2. The smallest absolute Gasteiger partial charge is 0.303 e. The Hall–Kier alpha value is -1.91. The largest absolute Gasteiger partial charge is 0.481 e. The highest BCUT2D eigenvalue weighted by Gasteiger charge is 2.17. The van der Waals surface area contributed by atoms with Crippen molar-refractivity contribution >= 4 is 17.0 Å². The molecule has 0 aliphatic carbocycles. The van der Waals surface area contributed by atoms with Crippen LogP contribution >= 0.6 is 0 Å². The number of carbonyl (C=O) groups is 1. The van der Waals surface area contributed by atoms with Crippen molar-refractivity contribution in [3.63, 3.8) is 0 Å². The van der Waals surface area contributed by atoms with Crippen LogP contribution in [0.15, 0.2) is 18.2 Å². The van der Waals surface area contributed by atoms with Gasteiger partial charge in [-0.3, -0.25) is 4.79 Å². The Morgan fingerprint density at radius 3 is 2.70 bits per heavy atom. The molecular weight excluding hydrogens is 259 g/mol. The Morgan fingerprint density at radius 2 is 2.10 bits per heavy atom. The number of rotatable bonds is 5. The van der Waals surface area contributed by atoms with Gasteiger partial charge in [0.2, 0.25) is 0 Å². The van der Waals surface area contributed by atoms with Crippen LogP contribution in [0.4, 0.5) is 4.39 Å². The van der Waals surface area contributed by atoms with Crippen LogP contribution < -0.4 is 0 Å². The number of carboxylic acids is 1. The fourth-order valence-electron chi connectivity index (χ4n) is 2.52. The summed E-state index contributed by atoms with van der Waals surface area (Å²) in [7, 11) is 0. The molecule has 1 aromatic carbocycles. The number of carboxylic acid groups (broad SMARTS) is 1. The molecule has 0 fully saturated rings. The first-order valence-electron chi connectivity index (χ1n) is 6.76. The number of hydrogen-bond donors (Lipinski definition) is 1. The van der Waals surface area contributed by atoms with Crippen molar-refractivity contribution in [3.8, 4) is 0 Å². The average Bonchev–Trinajstić information content (AvgIpc) is 2.64. The third kappa shape index (κ3) is 2.98. The van der Waals surface area contributed by atoms with Crippen LogP contribution in [0.5, 0.6) is 0 Å². The van der Waals surface area contributed by atoms with Crippen LogP contribution in [0, 0.1) is 11.7 Å². The minimum atomic E-state index is -0.809. The molecule has 108 valence electrons. The lowest BCUT2D eigenvalue weighted by Gasteiger charge is -2.15. The molecule has 5 heteroatoms. The molecule has 4 nitrogen and oxygen atoms in total. The Balaban J connectivity index is 2.42. The molecule has 0 radical (unpaired) electrons. The maximum atomic E-state index is 13.4. The first-order valence-corrected chi connectivity index (χ1v) is 6.76. The predicted molar refractivity (Wildman–Crippen MR) is 75.2 cm³/mol. The van der Waals surface area contributed by atoms with Gasteiger partial charge in [-0.1, -0.05) is 6.92 Å². The molecule has 0 bridgehead atoms. The summed E-state index contributed by atoms with van der Waals surface area (Å²) in [5.41, 5.74) is 1.51. The normalized spacial score (nSPS) is 13.1. The van der Waals surface area contributed by atoms with Gasteiger partial charge in [-0.2, -0.15) is 0 Å². The molecule has 0 aliphatic heterocycles. The molecule has 1 aromatic heterocycles. The fraction of sp³-hybridized carbons (Fsp3) is 0.467. The van der Waals surface area contributed by atoms with E-state index in [0.29, 0.717) is 6.42 Å². The number of hydrogen-bond acceptors (Lipinski definition) is 2. The molecule has 0 saturated carbocycles.